The summed E-state index contributed by atoms with van der Waals surface area (Å²) in [5.74, 6) is 2.33. The summed E-state index contributed by atoms with van der Waals surface area (Å²) in [5.41, 5.74) is 1.37. The van der Waals surface area contributed by atoms with Crippen LogP contribution >= 0.6 is 11.8 Å². The van der Waals surface area contributed by atoms with E-state index in [0.717, 1.165) is 5.92 Å². The van der Waals surface area contributed by atoms with E-state index in [9.17, 15) is 0 Å². The third-order valence-electron chi connectivity index (χ3n) is 2.70. The molecule has 0 radical (unpaired) electrons. The van der Waals surface area contributed by atoms with Crippen molar-refractivity contribution in [3.8, 4) is 0 Å². The molecule has 0 bridgehead atoms. The monoisotopic (exact) mass is 192 g/mol. The number of aryl methyl sites for hydroxylation is 1. The Balaban J connectivity index is 1.86. The Morgan fingerprint density at radius 3 is 2.85 bits per heavy atom. The van der Waals surface area contributed by atoms with Gasteiger partial charge in [0.15, 0.2) is 0 Å². The fourth-order valence-corrected chi connectivity index (χ4v) is 2.78. The van der Waals surface area contributed by atoms with Crippen molar-refractivity contribution in [3.63, 3.8) is 0 Å². The molecule has 0 atom stereocenters. The maximum Gasteiger partial charge on any atom is 0.00746 e. The van der Waals surface area contributed by atoms with Gasteiger partial charge in [-0.3, -0.25) is 0 Å². The van der Waals surface area contributed by atoms with Crippen molar-refractivity contribution in [1.29, 1.82) is 0 Å². The van der Waals surface area contributed by atoms with Crippen molar-refractivity contribution >= 4 is 11.8 Å². The maximum absolute atomic E-state index is 2.28. The lowest BCUT2D eigenvalue weighted by atomic mass is 9.87. The molecule has 0 aliphatic heterocycles. The molecular weight excluding hydrogens is 176 g/mol. The summed E-state index contributed by atoms with van der Waals surface area (Å²) in [4.78, 5) is 1.44. The number of hydrogen-bond acceptors (Lipinski definition) is 1. The molecule has 13 heavy (non-hydrogen) atoms. The van der Waals surface area contributed by atoms with E-state index in [4.69, 9.17) is 0 Å². The van der Waals surface area contributed by atoms with E-state index < -0.39 is 0 Å². The molecule has 0 heterocycles. The van der Waals surface area contributed by atoms with Gasteiger partial charge in [0.1, 0.15) is 0 Å². The molecular formula is C12H16S. The topological polar surface area (TPSA) is 0 Å². The highest BCUT2D eigenvalue weighted by Gasteiger charge is 2.16. The van der Waals surface area contributed by atoms with Crippen LogP contribution in [0, 0.1) is 12.8 Å². The minimum absolute atomic E-state index is 1.01. The van der Waals surface area contributed by atoms with Crippen molar-refractivity contribution in [3.05, 3.63) is 29.8 Å². The zero-order valence-electron chi connectivity index (χ0n) is 8.12. The van der Waals surface area contributed by atoms with Crippen molar-refractivity contribution in [2.24, 2.45) is 5.92 Å². The summed E-state index contributed by atoms with van der Waals surface area (Å²) in [6.07, 6.45) is 4.37. The van der Waals surface area contributed by atoms with Crippen LogP contribution in [-0.2, 0) is 0 Å². The number of thioether (sulfide) groups is 1. The second-order valence-electron chi connectivity index (χ2n) is 3.92. The molecule has 1 aliphatic rings. The van der Waals surface area contributed by atoms with Crippen LogP contribution in [0.2, 0.25) is 0 Å². The van der Waals surface area contributed by atoms with E-state index in [-0.39, 0.29) is 0 Å². The van der Waals surface area contributed by atoms with Crippen molar-refractivity contribution < 1.29 is 0 Å². The van der Waals surface area contributed by atoms with Crippen LogP contribution in [0.25, 0.3) is 0 Å². The van der Waals surface area contributed by atoms with Gasteiger partial charge in [0, 0.05) is 10.6 Å². The fourth-order valence-electron chi connectivity index (χ4n) is 1.58. The summed E-state index contributed by atoms with van der Waals surface area (Å²) >= 11 is 2.02. The minimum atomic E-state index is 1.01. The van der Waals surface area contributed by atoms with Gasteiger partial charge in [-0.1, -0.05) is 24.1 Å². The quantitative estimate of drug-likeness (QED) is 0.655. The van der Waals surface area contributed by atoms with E-state index in [1.54, 1.807) is 0 Å². The molecule has 0 nitrogen and oxygen atoms in total. The molecule has 2 rings (SSSR count). The third kappa shape index (κ3) is 2.50. The Kier molecular flexibility index (Phi) is 2.94. The van der Waals surface area contributed by atoms with Crippen molar-refractivity contribution in [1.82, 2.24) is 0 Å². The van der Waals surface area contributed by atoms with Crippen molar-refractivity contribution in [2.45, 2.75) is 31.1 Å². The molecule has 70 valence electrons. The first-order chi connectivity index (χ1) is 6.34. The summed E-state index contributed by atoms with van der Waals surface area (Å²) in [5, 5.41) is 0. The zero-order valence-corrected chi connectivity index (χ0v) is 8.94. The van der Waals surface area contributed by atoms with Crippen LogP contribution in [0.15, 0.2) is 29.2 Å². The summed E-state index contributed by atoms with van der Waals surface area (Å²) in [6.45, 7) is 2.16. The smallest absolute Gasteiger partial charge is 0.00746 e. The van der Waals surface area contributed by atoms with Crippen LogP contribution in [-0.4, -0.2) is 5.75 Å². The molecule has 1 aromatic carbocycles. The lowest BCUT2D eigenvalue weighted by Gasteiger charge is -2.24. The molecule has 1 fully saturated rings. The molecule has 1 aromatic rings. The van der Waals surface area contributed by atoms with Crippen molar-refractivity contribution in [2.75, 3.05) is 5.75 Å². The first-order valence-electron chi connectivity index (χ1n) is 5.04. The van der Waals surface area contributed by atoms with Gasteiger partial charge in [-0.05, 0) is 37.8 Å². The normalized spacial score (nSPS) is 17.0. The molecule has 0 saturated heterocycles. The van der Waals surface area contributed by atoms with Gasteiger partial charge in [-0.25, -0.2) is 0 Å². The SMILES string of the molecule is Cc1cccc(SCC2CCC2)c1. The van der Waals surface area contributed by atoms with Crippen LogP contribution in [0.3, 0.4) is 0 Å². The first-order valence-corrected chi connectivity index (χ1v) is 6.02. The Morgan fingerprint density at radius 1 is 1.38 bits per heavy atom. The largest absolute Gasteiger partial charge is 0.126 e. The standard InChI is InChI=1S/C12H16S/c1-10-4-2-7-12(8-10)13-9-11-5-3-6-11/h2,4,7-8,11H,3,5-6,9H2,1H3. The van der Waals surface area contributed by atoms with E-state index in [0.29, 0.717) is 0 Å². The summed E-state index contributed by atoms with van der Waals surface area (Å²) in [6, 6.07) is 8.81. The highest BCUT2D eigenvalue weighted by Crippen LogP contribution is 2.32. The second kappa shape index (κ2) is 4.19. The Bertz CT molecular complexity index is 276. The van der Waals surface area contributed by atoms with Crippen LogP contribution < -0.4 is 0 Å². The minimum Gasteiger partial charge on any atom is -0.126 e. The first kappa shape index (κ1) is 9.14. The summed E-state index contributed by atoms with van der Waals surface area (Å²) in [7, 11) is 0. The average Bonchev–Trinajstić information content (AvgIpc) is 2.01. The van der Waals surface area contributed by atoms with Gasteiger partial charge in [0.2, 0.25) is 0 Å². The Labute approximate surface area is 84.7 Å². The predicted molar refractivity (Wildman–Crippen MR) is 59.2 cm³/mol. The second-order valence-corrected chi connectivity index (χ2v) is 5.02. The van der Waals surface area contributed by atoms with Crippen LogP contribution in [0.5, 0.6) is 0 Å². The fraction of sp³-hybridized carbons (Fsp3) is 0.500. The number of rotatable bonds is 3. The molecule has 0 aromatic heterocycles. The molecule has 0 spiro atoms. The number of benzene rings is 1. The lowest BCUT2D eigenvalue weighted by molar-refractivity contribution is 0.353. The van der Waals surface area contributed by atoms with Gasteiger partial charge >= 0.3 is 0 Å². The molecule has 0 amide bonds. The van der Waals surface area contributed by atoms with Crippen LogP contribution in [0.4, 0.5) is 0 Å². The van der Waals surface area contributed by atoms with E-state index >= 15 is 0 Å². The van der Waals surface area contributed by atoms with E-state index in [1.807, 2.05) is 11.8 Å². The Hall–Kier alpha value is -0.430. The van der Waals surface area contributed by atoms with E-state index in [1.165, 1.54) is 35.5 Å². The molecule has 0 N–H and O–H groups in total. The number of hydrogen-bond donors (Lipinski definition) is 0. The highest BCUT2D eigenvalue weighted by atomic mass is 32.2. The highest BCUT2D eigenvalue weighted by molar-refractivity contribution is 7.99. The van der Waals surface area contributed by atoms with Gasteiger partial charge in [-0.15, -0.1) is 11.8 Å². The van der Waals surface area contributed by atoms with Gasteiger partial charge in [0.05, 0.1) is 0 Å². The molecule has 1 saturated carbocycles. The van der Waals surface area contributed by atoms with Gasteiger partial charge in [0.25, 0.3) is 0 Å². The molecule has 0 unspecified atom stereocenters. The zero-order chi connectivity index (χ0) is 9.10. The Morgan fingerprint density at radius 2 is 2.23 bits per heavy atom. The third-order valence-corrected chi connectivity index (χ3v) is 3.93. The lowest BCUT2D eigenvalue weighted by Crippen LogP contribution is -2.13. The summed E-state index contributed by atoms with van der Waals surface area (Å²) < 4.78 is 0. The predicted octanol–water partition coefficient (Wildman–Crippen LogP) is 3.89. The molecule has 1 aliphatic carbocycles. The average molecular weight is 192 g/mol. The maximum atomic E-state index is 2.28. The van der Waals surface area contributed by atoms with Crippen LogP contribution in [0.1, 0.15) is 24.8 Å². The van der Waals surface area contributed by atoms with Gasteiger partial charge < -0.3 is 0 Å². The van der Waals surface area contributed by atoms with Gasteiger partial charge in [-0.2, -0.15) is 0 Å². The molecule has 1 heteroatoms. The van der Waals surface area contributed by atoms with E-state index in [2.05, 4.69) is 31.2 Å².